The zero-order valence-corrected chi connectivity index (χ0v) is 9.59. The molecule has 1 amide bonds. The van der Waals surface area contributed by atoms with E-state index >= 15 is 0 Å². The van der Waals surface area contributed by atoms with Gasteiger partial charge in [-0.1, -0.05) is 0 Å². The van der Waals surface area contributed by atoms with Gasteiger partial charge in [0.2, 0.25) is 0 Å². The number of amides is 1. The first-order valence-corrected chi connectivity index (χ1v) is 5.03. The summed E-state index contributed by atoms with van der Waals surface area (Å²) in [5, 5.41) is 18.9. The fourth-order valence-corrected chi connectivity index (χ4v) is 1.32. The summed E-state index contributed by atoms with van der Waals surface area (Å²) in [6.07, 6.45) is 0.110. The average molecular weight is 251 g/mol. The van der Waals surface area contributed by atoms with Gasteiger partial charge in [-0.05, 0) is 6.07 Å². The first kappa shape index (κ1) is 13.6. The van der Waals surface area contributed by atoms with Crippen LogP contribution < -0.4 is 0 Å². The summed E-state index contributed by atoms with van der Waals surface area (Å²) in [5.74, 6) is -1.51. The van der Waals surface area contributed by atoms with Crippen molar-refractivity contribution < 1.29 is 14.1 Å². The molecule has 0 spiro atoms. The molecule has 1 rings (SSSR count). The molecule has 18 heavy (non-hydrogen) atoms. The van der Waals surface area contributed by atoms with E-state index in [2.05, 4.69) is 0 Å². The minimum absolute atomic E-state index is 0.110. The van der Waals surface area contributed by atoms with E-state index in [1.54, 1.807) is 0 Å². The van der Waals surface area contributed by atoms with E-state index in [-0.39, 0.29) is 24.2 Å². The SMILES string of the molecule is CN(CCC#N)C(=O)c1cc([N+](=O)[O-])ccc1F. The maximum atomic E-state index is 13.4. The highest BCUT2D eigenvalue weighted by Gasteiger charge is 2.19. The van der Waals surface area contributed by atoms with E-state index in [1.807, 2.05) is 6.07 Å². The lowest BCUT2D eigenvalue weighted by Crippen LogP contribution is -2.28. The number of halogens is 1. The van der Waals surface area contributed by atoms with Gasteiger partial charge in [0, 0.05) is 25.7 Å². The Hall–Kier alpha value is -2.49. The molecule has 0 N–H and O–H groups in total. The normalized spacial score (nSPS) is 9.61. The van der Waals surface area contributed by atoms with Crippen molar-refractivity contribution in [3.8, 4) is 6.07 Å². The highest BCUT2D eigenvalue weighted by molar-refractivity contribution is 5.95. The van der Waals surface area contributed by atoms with Gasteiger partial charge < -0.3 is 4.90 Å². The highest BCUT2D eigenvalue weighted by Crippen LogP contribution is 2.18. The molecule has 0 heterocycles. The third-order valence-corrected chi connectivity index (χ3v) is 2.30. The fourth-order valence-electron chi connectivity index (χ4n) is 1.32. The second-order valence-corrected chi connectivity index (χ2v) is 3.56. The molecule has 6 nitrogen and oxygen atoms in total. The molecule has 94 valence electrons. The molecule has 0 atom stereocenters. The van der Waals surface area contributed by atoms with Gasteiger partial charge >= 0.3 is 0 Å². The minimum Gasteiger partial charge on any atom is -0.341 e. The number of hydrogen-bond acceptors (Lipinski definition) is 4. The van der Waals surface area contributed by atoms with E-state index in [0.717, 1.165) is 23.1 Å². The molecule has 0 fully saturated rings. The summed E-state index contributed by atoms with van der Waals surface area (Å²) in [5.41, 5.74) is -0.724. The van der Waals surface area contributed by atoms with Crippen LogP contribution in [-0.4, -0.2) is 29.3 Å². The van der Waals surface area contributed by atoms with Gasteiger partial charge in [0.1, 0.15) is 5.82 Å². The second-order valence-electron chi connectivity index (χ2n) is 3.56. The maximum absolute atomic E-state index is 13.4. The number of nitro groups is 1. The molecular formula is C11H10FN3O3. The molecule has 7 heteroatoms. The first-order chi connectivity index (χ1) is 8.47. The summed E-state index contributed by atoms with van der Waals surface area (Å²) >= 11 is 0. The maximum Gasteiger partial charge on any atom is 0.270 e. The fraction of sp³-hybridized carbons (Fsp3) is 0.273. The van der Waals surface area contributed by atoms with Gasteiger partial charge in [0.05, 0.1) is 23.0 Å². The predicted molar refractivity (Wildman–Crippen MR) is 60.2 cm³/mol. The van der Waals surface area contributed by atoms with Crippen LogP contribution in [0.25, 0.3) is 0 Å². The van der Waals surface area contributed by atoms with Gasteiger partial charge in [-0.3, -0.25) is 14.9 Å². The third-order valence-electron chi connectivity index (χ3n) is 2.30. The van der Waals surface area contributed by atoms with Crippen molar-refractivity contribution in [3.63, 3.8) is 0 Å². The van der Waals surface area contributed by atoms with Crippen LogP contribution in [0.3, 0.4) is 0 Å². The van der Waals surface area contributed by atoms with Crippen LogP contribution in [-0.2, 0) is 0 Å². The van der Waals surface area contributed by atoms with Crippen LogP contribution in [0.1, 0.15) is 16.8 Å². The quantitative estimate of drug-likeness (QED) is 0.602. The Balaban J connectivity index is 3.01. The van der Waals surface area contributed by atoms with E-state index in [9.17, 15) is 19.3 Å². The molecule has 0 aliphatic carbocycles. The van der Waals surface area contributed by atoms with Crippen molar-refractivity contribution in [2.45, 2.75) is 6.42 Å². The molecule has 0 saturated heterocycles. The van der Waals surface area contributed by atoms with Crippen molar-refractivity contribution in [2.75, 3.05) is 13.6 Å². The lowest BCUT2D eigenvalue weighted by Gasteiger charge is -2.15. The van der Waals surface area contributed by atoms with Crippen molar-refractivity contribution >= 4 is 11.6 Å². The number of carbonyl (C=O) groups is 1. The Labute approximate surface area is 102 Å². The molecule has 0 aromatic heterocycles. The van der Waals surface area contributed by atoms with Crippen molar-refractivity contribution in [1.29, 1.82) is 5.26 Å². The van der Waals surface area contributed by atoms with E-state index in [1.165, 1.54) is 7.05 Å². The van der Waals surface area contributed by atoms with Gasteiger partial charge in [0.15, 0.2) is 0 Å². The summed E-state index contributed by atoms with van der Waals surface area (Å²) in [6.45, 7) is 0.136. The van der Waals surface area contributed by atoms with Crippen molar-refractivity contribution in [1.82, 2.24) is 4.90 Å². The second kappa shape index (κ2) is 5.72. The molecule has 0 aliphatic heterocycles. The van der Waals surface area contributed by atoms with E-state index in [4.69, 9.17) is 5.26 Å². The first-order valence-electron chi connectivity index (χ1n) is 5.03. The average Bonchev–Trinajstić information content (AvgIpc) is 2.35. The zero-order valence-electron chi connectivity index (χ0n) is 9.59. The van der Waals surface area contributed by atoms with Crippen LogP contribution in [0.15, 0.2) is 18.2 Å². The number of nitriles is 1. The molecule has 0 radical (unpaired) electrons. The zero-order chi connectivity index (χ0) is 13.7. The predicted octanol–water partition coefficient (Wildman–Crippen LogP) is 1.72. The van der Waals surface area contributed by atoms with Gasteiger partial charge in [0.25, 0.3) is 11.6 Å². The summed E-state index contributed by atoms with van der Waals surface area (Å²) in [6, 6.07) is 4.61. The van der Waals surface area contributed by atoms with Crippen molar-refractivity contribution in [3.05, 3.63) is 39.7 Å². The highest BCUT2D eigenvalue weighted by atomic mass is 19.1. The van der Waals surface area contributed by atoms with Crippen LogP contribution in [0.5, 0.6) is 0 Å². The van der Waals surface area contributed by atoms with Gasteiger partial charge in [-0.15, -0.1) is 0 Å². The number of rotatable bonds is 4. The molecule has 0 saturated carbocycles. The topological polar surface area (TPSA) is 87.2 Å². The largest absolute Gasteiger partial charge is 0.341 e. The van der Waals surface area contributed by atoms with Gasteiger partial charge in [-0.2, -0.15) is 5.26 Å². The molecule has 0 bridgehead atoms. The Morgan fingerprint density at radius 2 is 2.28 bits per heavy atom. The van der Waals surface area contributed by atoms with Crippen molar-refractivity contribution in [2.24, 2.45) is 0 Å². The molecule has 0 unspecified atom stereocenters. The molecule has 0 aliphatic rings. The van der Waals surface area contributed by atoms with Crippen LogP contribution in [0.4, 0.5) is 10.1 Å². The standard InChI is InChI=1S/C11H10FN3O3/c1-14(6-2-5-13)11(16)9-7-8(15(17)18)3-4-10(9)12/h3-4,7H,2,6H2,1H3. The smallest absolute Gasteiger partial charge is 0.270 e. The number of carbonyl (C=O) groups excluding carboxylic acids is 1. The van der Waals surface area contributed by atoms with Crippen LogP contribution in [0.2, 0.25) is 0 Å². The number of hydrogen-bond donors (Lipinski definition) is 0. The summed E-state index contributed by atoms with van der Waals surface area (Å²) in [4.78, 5) is 22.8. The lowest BCUT2D eigenvalue weighted by atomic mass is 10.1. The summed E-state index contributed by atoms with van der Waals surface area (Å²) < 4.78 is 13.4. The van der Waals surface area contributed by atoms with E-state index in [0.29, 0.717) is 0 Å². The monoisotopic (exact) mass is 251 g/mol. The van der Waals surface area contributed by atoms with Gasteiger partial charge in [-0.25, -0.2) is 4.39 Å². The molecular weight excluding hydrogens is 241 g/mol. The lowest BCUT2D eigenvalue weighted by molar-refractivity contribution is -0.384. The van der Waals surface area contributed by atoms with Crippen LogP contribution >= 0.6 is 0 Å². The summed E-state index contributed by atoms with van der Waals surface area (Å²) in [7, 11) is 1.40. The third kappa shape index (κ3) is 3.01. The Morgan fingerprint density at radius 3 is 2.83 bits per heavy atom. The molecule has 1 aromatic rings. The van der Waals surface area contributed by atoms with E-state index < -0.39 is 16.6 Å². The number of nitro benzene ring substituents is 1. The molecule has 1 aromatic carbocycles. The Bertz CT molecular complexity index is 525. The number of non-ortho nitro benzene ring substituents is 1. The Morgan fingerprint density at radius 1 is 1.61 bits per heavy atom. The Kier molecular flexibility index (Phi) is 4.32. The minimum atomic E-state index is -0.825. The number of nitrogens with zero attached hydrogens (tertiary/aromatic N) is 3. The number of benzene rings is 1. The van der Waals surface area contributed by atoms with Crippen LogP contribution in [0, 0.1) is 27.3 Å².